The van der Waals surface area contributed by atoms with Crippen molar-refractivity contribution in [2.45, 2.75) is 59.7 Å². The predicted molar refractivity (Wildman–Crippen MR) is 120 cm³/mol. The first-order chi connectivity index (χ1) is 12.5. The Hall–Kier alpha value is -0.740. The van der Waals surface area contributed by atoms with Gasteiger partial charge in [-0.15, -0.1) is 0 Å². The lowest BCUT2D eigenvalue weighted by atomic mass is 9.82. The molecular weight excluding hydrogens is 445 g/mol. The van der Waals surface area contributed by atoms with Gasteiger partial charge in [-0.05, 0) is 56.0 Å². The lowest BCUT2D eigenvalue weighted by Crippen LogP contribution is -2.41. The van der Waals surface area contributed by atoms with Gasteiger partial charge in [0.05, 0.1) is 0 Å². The number of halogens is 3. The van der Waals surface area contributed by atoms with Crippen LogP contribution in [-0.2, 0) is 13.2 Å². The summed E-state index contributed by atoms with van der Waals surface area (Å²) in [4.78, 5) is 0. The van der Waals surface area contributed by atoms with E-state index in [1.54, 1.807) is 6.07 Å². The highest BCUT2D eigenvalue weighted by Gasteiger charge is 2.25. The molecule has 0 spiro atoms. The van der Waals surface area contributed by atoms with E-state index in [9.17, 15) is 0 Å². The largest absolute Gasteiger partial charge is 0.489 e. The highest BCUT2D eigenvalue weighted by Crippen LogP contribution is 2.29. The van der Waals surface area contributed by atoms with Crippen molar-refractivity contribution in [2.24, 2.45) is 5.41 Å². The number of ether oxygens (including phenoxy) is 1. The molecule has 0 saturated heterocycles. The molecule has 27 heavy (non-hydrogen) atoms. The van der Waals surface area contributed by atoms with Crippen LogP contribution < -0.4 is 10.1 Å². The van der Waals surface area contributed by atoms with E-state index in [0.717, 1.165) is 34.3 Å². The molecule has 0 aliphatic carbocycles. The minimum Gasteiger partial charge on any atom is -0.489 e. The lowest BCUT2D eigenvalue weighted by Gasteiger charge is -2.33. The molecule has 0 amide bonds. The quantitative estimate of drug-likeness (QED) is 0.446. The molecule has 0 atom stereocenters. The maximum atomic E-state index is 6.26. The van der Waals surface area contributed by atoms with Gasteiger partial charge in [-0.1, -0.05) is 66.0 Å². The fraction of sp³-hybridized carbons (Fsp3) is 0.455. The highest BCUT2D eigenvalue weighted by molar-refractivity contribution is 9.10. The molecule has 0 bridgehead atoms. The van der Waals surface area contributed by atoms with Gasteiger partial charge in [-0.3, -0.25) is 0 Å². The predicted octanol–water partition coefficient (Wildman–Crippen LogP) is 7.64. The summed E-state index contributed by atoms with van der Waals surface area (Å²) < 4.78 is 7.11. The number of hydrogen-bond donors (Lipinski definition) is 1. The summed E-state index contributed by atoms with van der Waals surface area (Å²) in [7, 11) is 0. The number of rotatable bonds is 7. The van der Waals surface area contributed by atoms with Crippen molar-refractivity contribution in [1.29, 1.82) is 0 Å². The summed E-state index contributed by atoms with van der Waals surface area (Å²) in [6.45, 7) is 12.4. The molecule has 2 nitrogen and oxygen atoms in total. The van der Waals surface area contributed by atoms with E-state index in [0.29, 0.717) is 16.7 Å². The van der Waals surface area contributed by atoms with E-state index in [1.165, 1.54) is 0 Å². The molecule has 0 unspecified atom stereocenters. The Morgan fingerprint density at radius 2 is 1.67 bits per heavy atom. The maximum absolute atomic E-state index is 6.26. The molecule has 0 aromatic heterocycles. The van der Waals surface area contributed by atoms with Crippen LogP contribution in [0.4, 0.5) is 0 Å². The van der Waals surface area contributed by atoms with Crippen molar-refractivity contribution in [3.63, 3.8) is 0 Å². The van der Waals surface area contributed by atoms with Crippen LogP contribution in [0.2, 0.25) is 10.0 Å². The van der Waals surface area contributed by atoms with Gasteiger partial charge in [-0.2, -0.15) is 0 Å². The Balaban J connectivity index is 2.10. The zero-order chi connectivity index (χ0) is 20.2. The first-order valence-electron chi connectivity index (χ1n) is 9.05. The van der Waals surface area contributed by atoms with Crippen molar-refractivity contribution in [2.75, 3.05) is 0 Å². The van der Waals surface area contributed by atoms with Gasteiger partial charge in [-0.25, -0.2) is 0 Å². The summed E-state index contributed by atoms with van der Waals surface area (Å²) in [6, 6.07) is 11.5. The van der Waals surface area contributed by atoms with Crippen molar-refractivity contribution in [1.82, 2.24) is 5.32 Å². The minimum atomic E-state index is 0.0251. The molecule has 0 radical (unpaired) electrons. The van der Waals surface area contributed by atoms with Gasteiger partial charge in [0, 0.05) is 37.7 Å². The normalized spacial score (nSPS) is 12.3. The Bertz CT molecular complexity index is 784. The smallest absolute Gasteiger partial charge is 0.124 e. The van der Waals surface area contributed by atoms with Crippen LogP contribution in [0.25, 0.3) is 0 Å². The Morgan fingerprint density at radius 1 is 0.963 bits per heavy atom. The summed E-state index contributed by atoms with van der Waals surface area (Å²) in [5, 5.41) is 4.91. The van der Waals surface area contributed by atoms with Crippen LogP contribution in [0.5, 0.6) is 5.75 Å². The van der Waals surface area contributed by atoms with Crippen molar-refractivity contribution >= 4 is 39.1 Å². The van der Waals surface area contributed by atoms with Crippen LogP contribution >= 0.6 is 39.1 Å². The molecule has 1 N–H and O–H groups in total. The van der Waals surface area contributed by atoms with E-state index >= 15 is 0 Å². The Kier molecular flexibility index (Phi) is 7.66. The van der Waals surface area contributed by atoms with Gasteiger partial charge in [0.25, 0.3) is 0 Å². The van der Waals surface area contributed by atoms with E-state index in [4.69, 9.17) is 27.9 Å². The molecule has 0 aliphatic heterocycles. The van der Waals surface area contributed by atoms with Crippen LogP contribution in [0.1, 0.15) is 52.2 Å². The average Bonchev–Trinajstić information content (AvgIpc) is 2.51. The molecule has 148 valence electrons. The zero-order valence-corrected chi connectivity index (χ0v) is 19.7. The van der Waals surface area contributed by atoms with Gasteiger partial charge >= 0.3 is 0 Å². The molecule has 0 heterocycles. The van der Waals surface area contributed by atoms with Crippen molar-refractivity contribution in [3.8, 4) is 5.75 Å². The van der Waals surface area contributed by atoms with Gasteiger partial charge < -0.3 is 10.1 Å². The first-order valence-corrected chi connectivity index (χ1v) is 10.6. The summed E-state index contributed by atoms with van der Waals surface area (Å²) in [5.41, 5.74) is 2.31. The van der Waals surface area contributed by atoms with Crippen LogP contribution in [0, 0.1) is 5.41 Å². The second kappa shape index (κ2) is 9.17. The number of hydrogen-bond acceptors (Lipinski definition) is 2. The monoisotopic (exact) mass is 471 g/mol. The lowest BCUT2D eigenvalue weighted by molar-refractivity contribution is 0.238. The van der Waals surface area contributed by atoms with Gasteiger partial charge in [0.15, 0.2) is 0 Å². The Morgan fingerprint density at radius 3 is 2.30 bits per heavy atom. The second-order valence-corrected chi connectivity index (χ2v) is 10.5. The maximum Gasteiger partial charge on any atom is 0.124 e. The summed E-state index contributed by atoms with van der Waals surface area (Å²) in [5.74, 6) is 0.850. The summed E-state index contributed by atoms with van der Waals surface area (Å²) in [6.07, 6.45) is 1.07. The molecular formula is C22H28BrCl2NO. The van der Waals surface area contributed by atoms with Crippen LogP contribution in [0.15, 0.2) is 40.9 Å². The zero-order valence-electron chi connectivity index (χ0n) is 16.6. The molecule has 2 rings (SSSR count). The van der Waals surface area contributed by atoms with Crippen molar-refractivity contribution in [3.05, 3.63) is 62.0 Å². The van der Waals surface area contributed by atoms with E-state index in [2.05, 4.69) is 61.9 Å². The minimum absolute atomic E-state index is 0.0251. The molecule has 5 heteroatoms. The third kappa shape index (κ3) is 7.65. The number of benzene rings is 2. The fourth-order valence-electron chi connectivity index (χ4n) is 3.34. The second-order valence-electron chi connectivity index (χ2n) is 8.75. The molecule has 2 aromatic carbocycles. The SMILES string of the molecule is CC(C)(C)CC(C)(C)NCc1cc(Br)ccc1OCc1ccc(Cl)cc1Cl. The molecule has 2 aromatic rings. The standard InChI is InChI=1S/C22H28BrCl2NO/c1-21(2,3)14-22(4,5)26-12-16-10-17(23)7-9-20(16)27-13-15-6-8-18(24)11-19(15)25/h6-11,26H,12-14H2,1-5H3. The van der Waals surface area contributed by atoms with Gasteiger partial charge in [0.2, 0.25) is 0 Å². The third-order valence-electron chi connectivity index (χ3n) is 4.15. The average molecular weight is 473 g/mol. The van der Waals surface area contributed by atoms with E-state index in [1.807, 2.05) is 24.3 Å². The molecule has 0 aliphatic rings. The van der Waals surface area contributed by atoms with E-state index < -0.39 is 0 Å². The summed E-state index contributed by atoms with van der Waals surface area (Å²) >= 11 is 15.8. The fourth-order valence-corrected chi connectivity index (χ4v) is 4.22. The third-order valence-corrected chi connectivity index (χ3v) is 5.23. The first kappa shape index (κ1) is 22.5. The van der Waals surface area contributed by atoms with Crippen LogP contribution in [-0.4, -0.2) is 5.54 Å². The topological polar surface area (TPSA) is 21.3 Å². The van der Waals surface area contributed by atoms with Crippen LogP contribution in [0.3, 0.4) is 0 Å². The number of nitrogens with one attached hydrogen (secondary N) is 1. The van der Waals surface area contributed by atoms with Gasteiger partial charge in [0.1, 0.15) is 12.4 Å². The van der Waals surface area contributed by atoms with E-state index in [-0.39, 0.29) is 11.0 Å². The molecule has 0 fully saturated rings. The molecule has 0 saturated carbocycles. The van der Waals surface area contributed by atoms with Crippen molar-refractivity contribution < 1.29 is 4.74 Å². The Labute approximate surface area is 181 Å². The highest BCUT2D eigenvalue weighted by atomic mass is 79.9.